The van der Waals surface area contributed by atoms with E-state index in [1.807, 2.05) is 19.1 Å². The van der Waals surface area contributed by atoms with Crippen LogP contribution in [-0.4, -0.2) is 43.5 Å². The van der Waals surface area contributed by atoms with Gasteiger partial charge in [0, 0.05) is 24.4 Å². The van der Waals surface area contributed by atoms with Crippen molar-refractivity contribution in [2.24, 2.45) is 0 Å². The molecule has 36 heavy (non-hydrogen) atoms. The third-order valence-corrected chi connectivity index (χ3v) is 7.49. The van der Waals surface area contributed by atoms with Crippen molar-refractivity contribution in [2.75, 3.05) is 6.61 Å². The monoisotopic (exact) mass is 506 g/mol. The molecule has 3 atom stereocenters. The van der Waals surface area contributed by atoms with Crippen LogP contribution in [0.15, 0.2) is 54.9 Å². The van der Waals surface area contributed by atoms with E-state index in [0.717, 1.165) is 33.8 Å². The average molecular weight is 507 g/mol. The molecule has 1 N–H and O–H groups in total. The zero-order valence-corrected chi connectivity index (χ0v) is 21.1. The van der Waals surface area contributed by atoms with E-state index in [0.29, 0.717) is 31.9 Å². The standard InChI is InChI=1S/C28H31ClN4O3/c1-2-35-26-17-32(31-30-26)16-23-13-22(34)14-27(36-23)33-15-21(28-24(29)4-3-5-25(28)33)12-18-6-8-19(9-7-18)20-10-11-20/h3-9,15,17,20,22-23,27,34H,2,10-14,16H2,1H3. The molecule has 6 rings (SSSR count). The summed E-state index contributed by atoms with van der Waals surface area (Å²) in [6.07, 6.45) is 7.39. The van der Waals surface area contributed by atoms with Gasteiger partial charge in [0.2, 0.25) is 0 Å². The number of benzene rings is 2. The molecule has 1 saturated carbocycles. The molecule has 0 spiro atoms. The molecule has 3 heterocycles. The van der Waals surface area contributed by atoms with E-state index in [1.54, 1.807) is 10.9 Å². The fourth-order valence-corrected chi connectivity index (χ4v) is 5.61. The van der Waals surface area contributed by atoms with Gasteiger partial charge in [0.05, 0.1) is 42.1 Å². The molecule has 2 aromatic heterocycles. The maximum absolute atomic E-state index is 10.7. The molecule has 8 heteroatoms. The zero-order chi connectivity index (χ0) is 24.6. The molecule has 2 aliphatic rings. The summed E-state index contributed by atoms with van der Waals surface area (Å²) in [4.78, 5) is 0. The highest BCUT2D eigenvalue weighted by atomic mass is 35.5. The summed E-state index contributed by atoms with van der Waals surface area (Å²) in [6, 6.07) is 15.0. The molecule has 1 saturated heterocycles. The normalized spacial score (nSPS) is 22.2. The molecule has 1 aliphatic heterocycles. The van der Waals surface area contributed by atoms with Crippen molar-refractivity contribution >= 4 is 22.5 Å². The molecule has 0 radical (unpaired) electrons. The largest absolute Gasteiger partial charge is 0.476 e. The van der Waals surface area contributed by atoms with Crippen molar-refractivity contribution in [2.45, 2.75) is 69.9 Å². The van der Waals surface area contributed by atoms with Gasteiger partial charge in [-0.1, -0.05) is 52.2 Å². The highest BCUT2D eigenvalue weighted by Gasteiger charge is 2.31. The molecule has 7 nitrogen and oxygen atoms in total. The summed E-state index contributed by atoms with van der Waals surface area (Å²) < 4.78 is 15.8. The van der Waals surface area contributed by atoms with E-state index in [2.05, 4.69) is 51.4 Å². The smallest absolute Gasteiger partial charge is 0.253 e. The van der Waals surface area contributed by atoms with Crippen molar-refractivity contribution in [1.82, 2.24) is 19.6 Å². The summed E-state index contributed by atoms with van der Waals surface area (Å²) in [5.41, 5.74) is 4.88. The van der Waals surface area contributed by atoms with Gasteiger partial charge in [-0.25, -0.2) is 4.68 Å². The Morgan fingerprint density at radius 1 is 1.11 bits per heavy atom. The highest BCUT2D eigenvalue weighted by Crippen LogP contribution is 2.40. The Hall–Kier alpha value is -2.87. The van der Waals surface area contributed by atoms with E-state index in [9.17, 15) is 5.11 Å². The van der Waals surface area contributed by atoms with Crippen LogP contribution in [0.4, 0.5) is 0 Å². The summed E-state index contributed by atoms with van der Waals surface area (Å²) in [5, 5.41) is 20.7. The summed E-state index contributed by atoms with van der Waals surface area (Å²) in [5.74, 6) is 1.24. The van der Waals surface area contributed by atoms with Crippen LogP contribution in [0.3, 0.4) is 0 Å². The van der Waals surface area contributed by atoms with Crippen molar-refractivity contribution in [1.29, 1.82) is 0 Å². The van der Waals surface area contributed by atoms with Crippen LogP contribution in [0.2, 0.25) is 5.02 Å². The summed E-state index contributed by atoms with van der Waals surface area (Å²) >= 11 is 6.71. The molecule has 1 aliphatic carbocycles. The van der Waals surface area contributed by atoms with Gasteiger partial charge < -0.3 is 19.1 Å². The molecule has 0 amide bonds. The van der Waals surface area contributed by atoms with Crippen molar-refractivity contribution in [3.8, 4) is 5.88 Å². The van der Waals surface area contributed by atoms with Gasteiger partial charge in [-0.05, 0) is 60.9 Å². The predicted molar refractivity (Wildman–Crippen MR) is 139 cm³/mol. The number of aliphatic hydroxyl groups excluding tert-OH is 1. The Morgan fingerprint density at radius 2 is 1.94 bits per heavy atom. The van der Waals surface area contributed by atoms with Gasteiger partial charge in [0.15, 0.2) is 0 Å². The summed E-state index contributed by atoms with van der Waals surface area (Å²) in [7, 11) is 0. The Balaban J connectivity index is 1.26. The second-order valence-corrected chi connectivity index (χ2v) is 10.3. The number of fused-ring (bicyclic) bond motifs is 1. The quantitative estimate of drug-likeness (QED) is 0.342. The van der Waals surface area contributed by atoms with Crippen LogP contribution in [0.5, 0.6) is 5.88 Å². The first-order valence-corrected chi connectivity index (χ1v) is 13.2. The topological polar surface area (TPSA) is 74.3 Å². The van der Waals surface area contributed by atoms with Gasteiger partial charge in [-0.3, -0.25) is 0 Å². The van der Waals surface area contributed by atoms with Crippen LogP contribution < -0.4 is 4.74 Å². The van der Waals surface area contributed by atoms with Crippen LogP contribution in [0.1, 0.15) is 61.4 Å². The summed E-state index contributed by atoms with van der Waals surface area (Å²) in [6.45, 7) is 2.94. The van der Waals surface area contributed by atoms with Gasteiger partial charge in [0.1, 0.15) is 6.23 Å². The fraction of sp³-hybridized carbons (Fsp3) is 0.429. The fourth-order valence-electron chi connectivity index (χ4n) is 5.32. The molecular weight excluding hydrogens is 476 g/mol. The lowest BCUT2D eigenvalue weighted by Gasteiger charge is -2.34. The number of hydrogen-bond donors (Lipinski definition) is 1. The number of halogens is 1. The average Bonchev–Trinajstić information content (AvgIpc) is 3.52. The maximum atomic E-state index is 10.7. The molecular formula is C28H31ClN4O3. The molecule has 188 valence electrons. The van der Waals surface area contributed by atoms with Gasteiger partial charge in [0.25, 0.3) is 5.88 Å². The van der Waals surface area contributed by atoms with Gasteiger partial charge in [-0.2, -0.15) is 0 Å². The minimum absolute atomic E-state index is 0.204. The Kier molecular flexibility index (Phi) is 6.46. The molecule has 4 aromatic rings. The first-order valence-electron chi connectivity index (χ1n) is 12.8. The molecule has 2 fully saturated rings. The van der Waals surface area contributed by atoms with E-state index in [4.69, 9.17) is 21.1 Å². The molecule has 0 bridgehead atoms. The second kappa shape index (κ2) is 9.88. The van der Waals surface area contributed by atoms with Crippen molar-refractivity contribution in [3.63, 3.8) is 0 Å². The number of ether oxygens (including phenoxy) is 2. The first-order chi connectivity index (χ1) is 17.6. The van der Waals surface area contributed by atoms with Crippen LogP contribution in [0, 0.1) is 0 Å². The van der Waals surface area contributed by atoms with Crippen molar-refractivity contribution in [3.05, 3.63) is 76.6 Å². The lowest BCUT2D eigenvalue weighted by molar-refractivity contribution is -0.132. The van der Waals surface area contributed by atoms with Crippen LogP contribution in [0.25, 0.3) is 10.9 Å². The molecule has 2 aromatic carbocycles. The van der Waals surface area contributed by atoms with Crippen molar-refractivity contribution < 1.29 is 14.6 Å². The maximum Gasteiger partial charge on any atom is 0.253 e. The minimum atomic E-state index is -0.473. The lowest BCUT2D eigenvalue weighted by atomic mass is 10.0. The number of rotatable bonds is 8. The third kappa shape index (κ3) is 4.88. The highest BCUT2D eigenvalue weighted by molar-refractivity contribution is 6.35. The van der Waals surface area contributed by atoms with E-state index in [1.165, 1.54) is 24.0 Å². The lowest BCUT2D eigenvalue weighted by Crippen LogP contribution is -2.36. The number of aromatic nitrogens is 4. The van der Waals surface area contributed by atoms with E-state index < -0.39 is 6.10 Å². The van der Waals surface area contributed by atoms with E-state index >= 15 is 0 Å². The number of aliphatic hydroxyl groups is 1. The Bertz CT molecular complexity index is 1340. The van der Waals surface area contributed by atoms with Crippen LogP contribution >= 0.6 is 11.6 Å². The van der Waals surface area contributed by atoms with Gasteiger partial charge >= 0.3 is 0 Å². The number of hydrogen-bond acceptors (Lipinski definition) is 5. The Labute approximate surface area is 215 Å². The molecule has 3 unspecified atom stereocenters. The number of nitrogens with zero attached hydrogens (tertiary/aromatic N) is 4. The second-order valence-electron chi connectivity index (χ2n) is 9.94. The minimum Gasteiger partial charge on any atom is -0.476 e. The first kappa shape index (κ1) is 23.5. The zero-order valence-electron chi connectivity index (χ0n) is 20.4. The van der Waals surface area contributed by atoms with Gasteiger partial charge in [-0.15, -0.1) is 0 Å². The Morgan fingerprint density at radius 3 is 2.72 bits per heavy atom. The van der Waals surface area contributed by atoms with E-state index in [-0.39, 0.29) is 12.3 Å². The van der Waals surface area contributed by atoms with Crippen LogP contribution in [-0.2, 0) is 17.7 Å². The SMILES string of the molecule is CCOc1cn(CC2CC(O)CC(n3cc(Cc4ccc(C5CC5)cc4)c4c(Cl)cccc43)O2)nn1. The third-order valence-electron chi connectivity index (χ3n) is 7.18. The predicted octanol–water partition coefficient (Wildman–Crippen LogP) is 5.49.